The summed E-state index contributed by atoms with van der Waals surface area (Å²) in [4.78, 5) is 12.4. The maximum atomic E-state index is 12.4. The number of rotatable bonds is 11. The van der Waals surface area contributed by atoms with Crippen molar-refractivity contribution in [3.05, 3.63) is 131 Å². The summed E-state index contributed by atoms with van der Waals surface area (Å²) in [5.74, 6) is 1.42. The van der Waals surface area contributed by atoms with Crippen LogP contribution in [0.2, 0.25) is 0 Å². The zero-order valence-corrected chi connectivity index (χ0v) is 21.4. The van der Waals surface area contributed by atoms with Crippen LogP contribution in [0.25, 0.3) is 0 Å². The molecule has 2 atom stereocenters. The van der Waals surface area contributed by atoms with E-state index >= 15 is 0 Å². The highest BCUT2D eigenvalue weighted by Gasteiger charge is 2.45. The fourth-order valence-corrected chi connectivity index (χ4v) is 4.30. The van der Waals surface area contributed by atoms with Gasteiger partial charge in [-0.05, 0) is 71.0 Å². The quantitative estimate of drug-likeness (QED) is 0.183. The number of ether oxygens (including phenoxy) is 3. The van der Waals surface area contributed by atoms with E-state index in [4.69, 9.17) is 24.9 Å². The molecule has 0 aliphatic heterocycles. The van der Waals surface area contributed by atoms with E-state index in [-0.39, 0.29) is 24.4 Å². The average molecular weight is 517 g/mol. The Bertz CT molecular complexity index is 1460. The van der Waals surface area contributed by atoms with Crippen LogP contribution in [0.5, 0.6) is 11.5 Å². The van der Waals surface area contributed by atoms with E-state index in [2.05, 4.69) is 6.07 Å². The predicted molar refractivity (Wildman–Crippen MR) is 148 cm³/mol. The van der Waals surface area contributed by atoms with E-state index in [1.165, 1.54) is 0 Å². The number of hydrogen-bond donors (Lipinski definition) is 1. The van der Waals surface area contributed by atoms with Crippen molar-refractivity contribution in [3.63, 3.8) is 0 Å². The summed E-state index contributed by atoms with van der Waals surface area (Å²) < 4.78 is 17.2. The highest BCUT2D eigenvalue weighted by molar-refractivity contribution is 5.99. The van der Waals surface area contributed by atoms with Crippen LogP contribution in [0, 0.1) is 22.7 Å². The molecule has 1 aliphatic rings. The van der Waals surface area contributed by atoms with Gasteiger partial charge in [0, 0.05) is 0 Å². The molecule has 6 nitrogen and oxygen atoms in total. The lowest BCUT2D eigenvalue weighted by Gasteiger charge is -2.10. The van der Waals surface area contributed by atoms with Crippen molar-refractivity contribution >= 4 is 11.7 Å². The van der Waals surface area contributed by atoms with Gasteiger partial charge in [0.25, 0.3) is 0 Å². The topological polar surface area (TPSA) is 92.4 Å². The number of hydrogen-bond acceptors (Lipinski definition) is 6. The molecule has 0 spiro atoms. The summed E-state index contributed by atoms with van der Waals surface area (Å²) in [6, 6.07) is 34.2. The molecule has 0 aromatic heterocycles. The van der Waals surface area contributed by atoms with Crippen molar-refractivity contribution in [2.24, 2.45) is 5.92 Å². The summed E-state index contributed by atoms with van der Waals surface area (Å²) in [5.41, 5.74) is 4.75. The van der Waals surface area contributed by atoms with Gasteiger partial charge in [0.2, 0.25) is 0 Å². The van der Waals surface area contributed by atoms with Crippen LogP contribution >= 0.6 is 0 Å². The van der Waals surface area contributed by atoms with Gasteiger partial charge in [0.05, 0.1) is 23.3 Å². The monoisotopic (exact) mass is 516 g/mol. The first-order chi connectivity index (χ1) is 19.1. The van der Waals surface area contributed by atoms with E-state index in [1.54, 1.807) is 24.3 Å². The lowest BCUT2D eigenvalue weighted by atomic mass is 10.1. The molecular weight excluding hydrogens is 488 g/mol. The van der Waals surface area contributed by atoms with E-state index in [0.29, 0.717) is 30.2 Å². The van der Waals surface area contributed by atoms with Crippen LogP contribution < -0.4 is 9.47 Å². The molecule has 1 aliphatic carbocycles. The molecule has 0 saturated heterocycles. The van der Waals surface area contributed by atoms with Crippen LogP contribution in [0.1, 0.15) is 40.2 Å². The Balaban J connectivity index is 1.04. The molecule has 0 amide bonds. The maximum absolute atomic E-state index is 12.4. The minimum Gasteiger partial charge on any atom is -0.489 e. The average Bonchev–Trinajstić information content (AvgIpc) is 3.80. The van der Waals surface area contributed by atoms with Crippen molar-refractivity contribution in [2.75, 3.05) is 6.61 Å². The van der Waals surface area contributed by atoms with Gasteiger partial charge >= 0.3 is 5.97 Å². The Hall–Kier alpha value is -4.89. The molecule has 5 rings (SSSR count). The molecule has 1 saturated carbocycles. The smallest absolute Gasteiger partial charge is 0.309 e. The Labute approximate surface area is 227 Å². The van der Waals surface area contributed by atoms with Gasteiger partial charge in [-0.25, -0.2) is 0 Å². The summed E-state index contributed by atoms with van der Waals surface area (Å²) >= 11 is 0. The van der Waals surface area contributed by atoms with Crippen molar-refractivity contribution in [1.82, 2.24) is 0 Å². The second-order valence-electron chi connectivity index (χ2n) is 9.50. The fraction of sp³-hybridized carbons (Fsp3) is 0.182. The van der Waals surface area contributed by atoms with Gasteiger partial charge in [-0.15, -0.1) is 0 Å². The third-order valence-corrected chi connectivity index (χ3v) is 6.70. The molecular formula is C33H28N2O4. The first-order valence-corrected chi connectivity index (χ1v) is 12.8. The van der Waals surface area contributed by atoms with Gasteiger partial charge in [0.1, 0.15) is 31.3 Å². The first kappa shape index (κ1) is 25.7. The zero-order chi connectivity index (χ0) is 27.0. The molecule has 0 radical (unpaired) electrons. The minimum absolute atomic E-state index is 0.0749. The molecule has 0 bridgehead atoms. The van der Waals surface area contributed by atoms with Crippen molar-refractivity contribution in [3.8, 4) is 17.6 Å². The van der Waals surface area contributed by atoms with Crippen LogP contribution in [-0.4, -0.2) is 18.3 Å². The lowest BCUT2D eigenvalue weighted by Crippen LogP contribution is -2.11. The lowest BCUT2D eigenvalue weighted by molar-refractivity contribution is -0.146. The second-order valence-corrected chi connectivity index (χ2v) is 9.50. The van der Waals surface area contributed by atoms with Gasteiger partial charge in [-0.3, -0.25) is 4.79 Å². The molecule has 194 valence electrons. The van der Waals surface area contributed by atoms with Crippen LogP contribution in [0.15, 0.2) is 103 Å². The van der Waals surface area contributed by atoms with Crippen molar-refractivity contribution in [2.45, 2.75) is 25.6 Å². The van der Waals surface area contributed by atoms with Gasteiger partial charge < -0.3 is 19.6 Å². The largest absolute Gasteiger partial charge is 0.489 e. The normalized spacial score (nSPS) is 15.6. The summed E-state index contributed by atoms with van der Waals surface area (Å²) in [7, 11) is 0. The first-order valence-electron chi connectivity index (χ1n) is 12.8. The Morgan fingerprint density at radius 1 is 0.795 bits per heavy atom. The van der Waals surface area contributed by atoms with Gasteiger partial charge in [0.15, 0.2) is 0 Å². The van der Waals surface area contributed by atoms with Gasteiger partial charge in [-0.2, -0.15) is 5.26 Å². The molecule has 4 aromatic rings. The highest BCUT2D eigenvalue weighted by Crippen LogP contribution is 2.48. The third-order valence-electron chi connectivity index (χ3n) is 6.70. The number of carbonyl (C=O) groups is 1. The molecule has 2 unspecified atom stereocenters. The number of carbonyl (C=O) groups excluding carboxylic acids is 1. The summed E-state index contributed by atoms with van der Waals surface area (Å²) in [6.07, 6.45) is 0.815. The Morgan fingerprint density at radius 3 is 2.13 bits per heavy atom. The fourth-order valence-electron chi connectivity index (χ4n) is 4.30. The summed E-state index contributed by atoms with van der Waals surface area (Å²) in [5, 5.41) is 17.1. The maximum Gasteiger partial charge on any atom is 0.309 e. The number of benzene rings is 4. The minimum atomic E-state index is -0.136. The Morgan fingerprint density at radius 2 is 1.44 bits per heavy atom. The molecule has 1 N–H and O–H groups in total. The standard InChI is InChI=1S/C33H28N2O4/c34-19-23-6-10-27(11-7-23)32(35)22-38-28-14-8-25(9-15-28)20-37-29-16-12-26(13-17-29)30-18-31(30)33(36)39-21-24-4-2-1-3-5-24/h1-17,30-31,35H,18,20-22H2. The molecule has 39 heavy (non-hydrogen) atoms. The van der Waals surface area contributed by atoms with Crippen molar-refractivity contribution < 1.29 is 19.0 Å². The molecule has 1 fully saturated rings. The number of nitriles is 1. The number of esters is 1. The van der Waals surface area contributed by atoms with Crippen LogP contribution in [-0.2, 0) is 22.7 Å². The second kappa shape index (κ2) is 12.1. The van der Waals surface area contributed by atoms with E-state index in [9.17, 15) is 4.79 Å². The number of nitrogens with one attached hydrogen (secondary N) is 1. The third kappa shape index (κ3) is 6.91. The Kier molecular flexibility index (Phi) is 7.99. The zero-order valence-electron chi connectivity index (χ0n) is 21.4. The van der Waals surface area contributed by atoms with Gasteiger partial charge in [-0.1, -0.05) is 66.7 Å². The van der Waals surface area contributed by atoms with Crippen molar-refractivity contribution in [1.29, 1.82) is 10.7 Å². The van der Waals surface area contributed by atoms with E-state index in [1.807, 2.05) is 78.9 Å². The molecule has 6 heteroatoms. The predicted octanol–water partition coefficient (Wildman–Crippen LogP) is 6.43. The van der Waals surface area contributed by atoms with E-state index in [0.717, 1.165) is 34.4 Å². The van der Waals surface area contributed by atoms with Crippen LogP contribution in [0.4, 0.5) is 0 Å². The molecule has 0 heterocycles. The summed E-state index contributed by atoms with van der Waals surface area (Å²) in [6.45, 7) is 0.865. The van der Waals surface area contributed by atoms with E-state index < -0.39 is 0 Å². The van der Waals surface area contributed by atoms with Crippen LogP contribution in [0.3, 0.4) is 0 Å². The number of nitrogens with zero attached hydrogens (tertiary/aromatic N) is 1. The highest BCUT2D eigenvalue weighted by atomic mass is 16.5. The molecule has 4 aromatic carbocycles. The SMILES string of the molecule is N#Cc1ccc(C(=N)COc2ccc(COc3ccc(C4CC4C(=O)OCc4ccccc4)cc3)cc2)cc1.